The summed E-state index contributed by atoms with van der Waals surface area (Å²) in [6.07, 6.45) is 0. The number of benzene rings is 3. The molecule has 0 atom stereocenters. The Hall–Kier alpha value is -3.17. The van der Waals surface area contributed by atoms with Gasteiger partial charge in [0.05, 0.1) is 22.8 Å². The Morgan fingerprint density at radius 2 is 1.56 bits per heavy atom. The zero-order valence-electron chi connectivity index (χ0n) is 17.2. The van der Waals surface area contributed by atoms with Crippen molar-refractivity contribution in [3.8, 4) is 0 Å². The van der Waals surface area contributed by atoms with E-state index in [-0.39, 0.29) is 11.5 Å². The molecule has 1 N–H and O–H groups in total. The Labute approximate surface area is 195 Å². The Morgan fingerprint density at radius 3 is 2.16 bits per heavy atom. The molecule has 3 aromatic carbocycles. The van der Waals surface area contributed by atoms with Crippen molar-refractivity contribution >= 4 is 49.2 Å². The molecule has 0 fully saturated rings. The van der Waals surface area contributed by atoms with Crippen LogP contribution in [0.5, 0.6) is 0 Å². The van der Waals surface area contributed by atoms with Crippen LogP contribution in [-0.4, -0.2) is 33.4 Å². The highest BCUT2D eigenvalue weighted by Gasteiger charge is 2.27. The van der Waals surface area contributed by atoms with Gasteiger partial charge in [0.15, 0.2) is 0 Å². The van der Waals surface area contributed by atoms with Crippen LogP contribution in [0.25, 0.3) is 0 Å². The molecule has 7 nitrogen and oxygen atoms in total. The summed E-state index contributed by atoms with van der Waals surface area (Å²) >= 11 is 3.33. The Morgan fingerprint density at radius 1 is 0.938 bits per heavy atom. The van der Waals surface area contributed by atoms with Gasteiger partial charge in [-0.15, -0.1) is 0 Å². The van der Waals surface area contributed by atoms with E-state index in [0.29, 0.717) is 16.9 Å². The average Bonchev–Trinajstić information content (AvgIpc) is 2.79. The number of hydrogen-bond acceptors (Lipinski definition) is 5. The third kappa shape index (κ3) is 5.74. The van der Waals surface area contributed by atoms with E-state index in [1.807, 2.05) is 0 Å². The topological polar surface area (TPSA) is 92.8 Å². The molecule has 0 radical (unpaired) electrons. The molecule has 3 rings (SSSR count). The van der Waals surface area contributed by atoms with E-state index in [2.05, 4.69) is 21.2 Å². The van der Waals surface area contributed by atoms with Crippen molar-refractivity contribution in [2.45, 2.75) is 11.8 Å². The number of esters is 1. The number of nitrogens with one attached hydrogen (secondary N) is 1. The van der Waals surface area contributed by atoms with Crippen molar-refractivity contribution < 1.29 is 22.7 Å². The molecule has 0 aliphatic carbocycles. The van der Waals surface area contributed by atoms with Gasteiger partial charge in [0.25, 0.3) is 10.0 Å². The van der Waals surface area contributed by atoms with Gasteiger partial charge < -0.3 is 10.1 Å². The lowest BCUT2D eigenvalue weighted by Crippen LogP contribution is -2.38. The molecular formula is C23H21BrN2O5S. The van der Waals surface area contributed by atoms with Crippen molar-refractivity contribution in [1.82, 2.24) is 0 Å². The summed E-state index contributed by atoms with van der Waals surface area (Å²) in [5.41, 5.74) is 1.13. The van der Waals surface area contributed by atoms with Crippen LogP contribution in [0.2, 0.25) is 0 Å². The van der Waals surface area contributed by atoms with E-state index < -0.39 is 28.4 Å². The SMILES string of the molecule is CCOC(=O)c1ccc(NC(=O)CN(c2ccc(Br)cc2)S(=O)(=O)c2ccccc2)cc1. The number of halogens is 1. The highest BCUT2D eigenvalue weighted by Crippen LogP contribution is 2.25. The highest BCUT2D eigenvalue weighted by atomic mass is 79.9. The molecule has 32 heavy (non-hydrogen) atoms. The first-order chi connectivity index (χ1) is 15.3. The first-order valence-corrected chi connectivity index (χ1v) is 11.9. The largest absolute Gasteiger partial charge is 0.462 e. The number of amides is 1. The van der Waals surface area contributed by atoms with Gasteiger partial charge in [-0.3, -0.25) is 9.10 Å². The molecule has 1 amide bonds. The second-order valence-electron chi connectivity index (χ2n) is 6.65. The predicted octanol–water partition coefficient (Wildman–Crippen LogP) is 4.46. The molecule has 0 unspecified atom stereocenters. The molecule has 0 spiro atoms. The van der Waals surface area contributed by atoms with Crippen molar-refractivity contribution in [3.63, 3.8) is 0 Å². The summed E-state index contributed by atoms with van der Waals surface area (Å²) in [5, 5.41) is 2.67. The van der Waals surface area contributed by atoms with E-state index >= 15 is 0 Å². The number of rotatable bonds is 8. The van der Waals surface area contributed by atoms with Crippen LogP contribution in [0, 0.1) is 0 Å². The number of anilines is 2. The second kappa shape index (κ2) is 10.4. The molecule has 0 bridgehead atoms. The fraction of sp³-hybridized carbons (Fsp3) is 0.130. The lowest BCUT2D eigenvalue weighted by atomic mass is 10.2. The molecule has 3 aromatic rings. The molecule has 0 saturated heterocycles. The summed E-state index contributed by atoms with van der Waals surface area (Å²) in [4.78, 5) is 24.6. The molecular weight excluding hydrogens is 496 g/mol. The number of carbonyl (C=O) groups is 2. The fourth-order valence-electron chi connectivity index (χ4n) is 2.88. The number of sulfonamides is 1. The van der Waals surface area contributed by atoms with E-state index in [4.69, 9.17) is 4.74 Å². The smallest absolute Gasteiger partial charge is 0.338 e. The Balaban J connectivity index is 1.83. The number of hydrogen-bond donors (Lipinski definition) is 1. The second-order valence-corrected chi connectivity index (χ2v) is 9.43. The molecule has 0 saturated carbocycles. The van der Waals surface area contributed by atoms with E-state index in [9.17, 15) is 18.0 Å². The number of nitrogens with zero attached hydrogens (tertiary/aromatic N) is 1. The molecule has 9 heteroatoms. The Kier molecular flexibility index (Phi) is 7.66. The average molecular weight is 517 g/mol. The van der Waals surface area contributed by atoms with Crippen molar-refractivity contribution in [1.29, 1.82) is 0 Å². The molecule has 0 heterocycles. The van der Waals surface area contributed by atoms with Crippen LogP contribution < -0.4 is 9.62 Å². The summed E-state index contributed by atoms with van der Waals surface area (Å²) in [5.74, 6) is -0.989. The quantitative estimate of drug-likeness (QED) is 0.446. The van der Waals surface area contributed by atoms with E-state index in [1.165, 1.54) is 24.3 Å². The zero-order chi connectivity index (χ0) is 23.1. The normalized spacial score (nSPS) is 10.9. The fourth-order valence-corrected chi connectivity index (χ4v) is 4.58. The summed E-state index contributed by atoms with van der Waals surface area (Å²) in [6.45, 7) is 1.55. The standard InChI is InChI=1S/C23H21BrN2O5S/c1-2-31-23(28)17-8-12-19(13-9-17)25-22(27)16-26(20-14-10-18(24)11-15-20)32(29,30)21-6-4-3-5-7-21/h3-15H,2,16H2,1H3,(H,25,27). The summed E-state index contributed by atoms with van der Waals surface area (Å²) < 4.78 is 33.3. The Bertz CT molecular complexity index is 1180. The van der Waals surface area contributed by atoms with Crippen LogP contribution in [0.3, 0.4) is 0 Å². The van der Waals surface area contributed by atoms with Crippen molar-refractivity contribution in [2.75, 3.05) is 22.8 Å². The molecule has 0 aliphatic rings. The molecule has 166 valence electrons. The van der Waals surface area contributed by atoms with E-state index in [0.717, 1.165) is 8.78 Å². The number of ether oxygens (including phenoxy) is 1. The van der Waals surface area contributed by atoms with Gasteiger partial charge in [0.1, 0.15) is 6.54 Å². The minimum absolute atomic E-state index is 0.0782. The van der Waals surface area contributed by atoms with Crippen LogP contribution in [0.4, 0.5) is 11.4 Å². The van der Waals surface area contributed by atoms with Crippen molar-refractivity contribution in [3.05, 3.63) is 88.9 Å². The van der Waals surface area contributed by atoms with Crippen LogP contribution in [0.15, 0.2) is 88.2 Å². The van der Waals surface area contributed by atoms with Gasteiger partial charge in [-0.25, -0.2) is 13.2 Å². The minimum atomic E-state index is -3.98. The van der Waals surface area contributed by atoms with Crippen LogP contribution in [0.1, 0.15) is 17.3 Å². The van der Waals surface area contributed by atoms with Gasteiger partial charge in [-0.05, 0) is 67.6 Å². The summed E-state index contributed by atoms with van der Waals surface area (Å²) in [6, 6.07) is 20.7. The molecule has 0 aliphatic heterocycles. The zero-order valence-corrected chi connectivity index (χ0v) is 19.6. The summed E-state index contributed by atoms with van der Waals surface area (Å²) in [7, 11) is -3.98. The lowest BCUT2D eigenvalue weighted by molar-refractivity contribution is -0.114. The monoisotopic (exact) mass is 516 g/mol. The first-order valence-electron chi connectivity index (χ1n) is 9.71. The van der Waals surface area contributed by atoms with Crippen molar-refractivity contribution in [2.24, 2.45) is 0 Å². The first kappa shape index (κ1) is 23.5. The maximum Gasteiger partial charge on any atom is 0.338 e. The minimum Gasteiger partial charge on any atom is -0.462 e. The van der Waals surface area contributed by atoms with Gasteiger partial charge >= 0.3 is 5.97 Å². The van der Waals surface area contributed by atoms with Gasteiger partial charge in [-0.1, -0.05) is 34.1 Å². The van der Waals surface area contributed by atoms with Gasteiger partial charge in [0, 0.05) is 10.2 Å². The molecule has 0 aromatic heterocycles. The van der Waals surface area contributed by atoms with Crippen LogP contribution in [-0.2, 0) is 19.6 Å². The van der Waals surface area contributed by atoms with E-state index in [1.54, 1.807) is 61.5 Å². The number of carbonyl (C=O) groups excluding carboxylic acids is 2. The van der Waals surface area contributed by atoms with Gasteiger partial charge in [-0.2, -0.15) is 0 Å². The van der Waals surface area contributed by atoms with Gasteiger partial charge in [0.2, 0.25) is 5.91 Å². The maximum atomic E-state index is 13.3. The lowest BCUT2D eigenvalue weighted by Gasteiger charge is -2.24. The highest BCUT2D eigenvalue weighted by molar-refractivity contribution is 9.10. The predicted molar refractivity (Wildman–Crippen MR) is 126 cm³/mol. The maximum absolute atomic E-state index is 13.3. The third-order valence-electron chi connectivity index (χ3n) is 4.41. The van der Waals surface area contributed by atoms with Crippen LogP contribution >= 0.6 is 15.9 Å². The third-order valence-corrected chi connectivity index (χ3v) is 6.73.